The number of hydrogen-bond donors (Lipinski definition) is 1. The molecule has 2 heterocycles. The van der Waals surface area contributed by atoms with Crippen molar-refractivity contribution in [2.24, 2.45) is 0 Å². The number of likely N-dealkylation sites (N-methyl/N-ethyl adjacent to an activating group) is 1. The Morgan fingerprint density at radius 3 is 2.77 bits per heavy atom. The summed E-state index contributed by atoms with van der Waals surface area (Å²) in [6, 6.07) is 15.1. The zero-order chi connectivity index (χ0) is 24.9. The van der Waals surface area contributed by atoms with Gasteiger partial charge in [-0.15, -0.1) is 16.8 Å². The van der Waals surface area contributed by atoms with Crippen LogP contribution in [0.1, 0.15) is 11.6 Å². The molecule has 182 valence electrons. The molecule has 9 nitrogen and oxygen atoms in total. The monoisotopic (exact) mass is 492 g/mol. The van der Waals surface area contributed by atoms with E-state index in [1.165, 1.54) is 16.3 Å². The predicted molar refractivity (Wildman–Crippen MR) is 138 cm³/mol. The SMILES string of the molecule is C=CCn1c(=O)c2ccccc2n2c(SCC(=O)NCC(c3cccc(OC)c3)N(C)C)nnc12. The van der Waals surface area contributed by atoms with Crippen LogP contribution in [0, 0.1) is 0 Å². The van der Waals surface area contributed by atoms with Crippen molar-refractivity contribution in [3.63, 3.8) is 0 Å². The smallest absolute Gasteiger partial charge is 0.263 e. The van der Waals surface area contributed by atoms with Gasteiger partial charge in [-0.25, -0.2) is 0 Å². The van der Waals surface area contributed by atoms with E-state index in [2.05, 4.69) is 27.0 Å². The zero-order valence-corrected chi connectivity index (χ0v) is 20.8. The van der Waals surface area contributed by atoms with Crippen LogP contribution in [0.15, 0.2) is 71.1 Å². The zero-order valence-electron chi connectivity index (χ0n) is 20.0. The fourth-order valence-electron chi connectivity index (χ4n) is 3.96. The fraction of sp³-hybridized carbons (Fsp3) is 0.280. The first kappa shape index (κ1) is 24.5. The summed E-state index contributed by atoms with van der Waals surface area (Å²) in [4.78, 5) is 27.7. The maximum atomic E-state index is 12.9. The van der Waals surface area contributed by atoms with Gasteiger partial charge in [-0.05, 0) is 43.9 Å². The molecule has 0 saturated heterocycles. The van der Waals surface area contributed by atoms with E-state index in [0.29, 0.717) is 34.9 Å². The molecule has 1 amide bonds. The summed E-state index contributed by atoms with van der Waals surface area (Å²) in [5.74, 6) is 1.23. The molecule has 1 unspecified atom stereocenters. The highest BCUT2D eigenvalue weighted by Gasteiger charge is 2.19. The van der Waals surface area contributed by atoms with Crippen molar-refractivity contribution in [3.05, 3.63) is 77.1 Å². The van der Waals surface area contributed by atoms with Crippen LogP contribution in [0.5, 0.6) is 5.75 Å². The third-order valence-electron chi connectivity index (χ3n) is 5.72. The molecule has 0 aliphatic heterocycles. The third-order valence-corrected chi connectivity index (χ3v) is 6.65. The maximum absolute atomic E-state index is 12.9. The van der Waals surface area contributed by atoms with Crippen LogP contribution in [0.25, 0.3) is 16.7 Å². The van der Waals surface area contributed by atoms with Gasteiger partial charge in [0.15, 0.2) is 5.16 Å². The summed E-state index contributed by atoms with van der Waals surface area (Å²) in [7, 11) is 5.58. The number of para-hydroxylation sites is 1. The number of rotatable bonds is 10. The molecular weight excluding hydrogens is 464 g/mol. The van der Waals surface area contributed by atoms with E-state index in [4.69, 9.17) is 4.74 Å². The second-order valence-electron chi connectivity index (χ2n) is 8.19. The van der Waals surface area contributed by atoms with Crippen LogP contribution in [0.3, 0.4) is 0 Å². The molecule has 4 rings (SSSR count). The largest absolute Gasteiger partial charge is 0.497 e. The van der Waals surface area contributed by atoms with Crippen molar-refractivity contribution < 1.29 is 9.53 Å². The van der Waals surface area contributed by atoms with E-state index in [-0.39, 0.29) is 23.3 Å². The van der Waals surface area contributed by atoms with Crippen molar-refractivity contribution in [1.29, 1.82) is 0 Å². The van der Waals surface area contributed by atoms with Crippen LogP contribution in [0.2, 0.25) is 0 Å². The number of aromatic nitrogens is 4. The van der Waals surface area contributed by atoms with E-state index >= 15 is 0 Å². The number of allylic oxidation sites excluding steroid dienone is 1. The molecule has 10 heteroatoms. The van der Waals surface area contributed by atoms with E-state index in [0.717, 1.165) is 11.3 Å². The summed E-state index contributed by atoms with van der Waals surface area (Å²) in [5, 5.41) is 12.6. The molecular formula is C25H28N6O3S. The fourth-order valence-corrected chi connectivity index (χ4v) is 4.73. The first-order valence-electron chi connectivity index (χ1n) is 11.1. The van der Waals surface area contributed by atoms with Gasteiger partial charge in [0.1, 0.15) is 5.75 Å². The lowest BCUT2D eigenvalue weighted by Gasteiger charge is -2.25. The highest BCUT2D eigenvalue weighted by molar-refractivity contribution is 7.99. The van der Waals surface area contributed by atoms with Crippen molar-refractivity contribution in [2.75, 3.05) is 33.5 Å². The average Bonchev–Trinajstić information content (AvgIpc) is 3.29. The third kappa shape index (κ3) is 5.08. The molecule has 0 saturated carbocycles. The molecule has 2 aromatic carbocycles. The predicted octanol–water partition coefficient (Wildman–Crippen LogP) is 2.75. The summed E-state index contributed by atoms with van der Waals surface area (Å²) < 4.78 is 8.68. The van der Waals surface area contributed by atoms with Gasteiger partial charge >= 0.3 is 0 Å². The Morgan fingerprint density at radius 1 is 1.23 bits per heavy atom. The highest BCUT2D eigenvalue weighted by Crippen LogP contribution is 2.23. The molecule has 1 atom stereocenters. The van der Waals surface area contributed by atoms with Gasteiger partial charge in [-0.2, -0.15) is 0 Å². The summed E-state index contributed by atoms with van der Waals surface area (Å²) >= 11 is 1.28. The molecule has 0 bridgehead atoms. The van der Waals surface area contributed by atoms with Gasteiger partial charge in [0.25, 0.3) is 5.56 Å². The van der Waals surface area contributed by atoms with Crippen LogP contribution >= 0.6 is 11.8 Å². The van der Waals surface area contributed by atoms with E-state index in [1.54, 1.807) is 19.3 Å². The number of benzene rings is 2. The number of methoxy groups -OCH3 is 1. The maximum Gasteiger partial charge on any atom is 0.263 e. The molecule has 0 fully saturated rings. The molecule has 0 spiro atoms. The lowest BCUT2D eigenvalue weighted by atomic mass is 10.1. The number of nitrogens with zero attached hydrogens (tertiary/aromatic N) is 5. The summed E-state index contributed by atoms with van der Waals surface area (Å²) in [6.45, 7) is 4.50. The van der Waals surface area contributed by atoms with E-state index in [9.17, 15) is 9.59 Å². The van der Waals surface area contributed by atoms with Gasteiger partial charge in [0, 0.05) is 13.1 Å². The van der Waals surface area contributed by atoms with E-state index in [1.807, 2.05) is 61.0 Å². The Bertz CT molecular complexity index is 1430. The number of nitrogens with one attached hydrogen (secondary N) is 1. The number of carbonyl (C=O) groups excluding carboxylic acids is 1. The average molecular weight is 493 g/mol. The number of ether oxygens (including phenoxy) is 1. The van der Waals surface area contributed by atoms with Gasteiger partial charge in [0.2, 0.25) is 11.7 Å². The number of amides is 1. The Hall–Kier alpha value is -3.63. The molecule has 0 aliphatic carbocycles. The normalized spacial score (nSPS) is 12.2. The molecule has 2 aromatic heterocycles. The molecule has 0 aliphatic rings. The molecule has 0 radical (unpaired) electrons. The minimum Gasteiger partial charge on any atom is -0.497 e. The minimum absolute atomic E-state index is 0.00903. The number of thioether (sulfide) groups is 1. The summed E-state index contributed by atoms with van der Waals surface area (Å²) in [6.07, 6.45) is 1.65. The first-order chi connectivity index (χ1) is 16.9. The Balaban J connectivity index is 1.52. The number of hydrogen-bond acceptors (Lipinski definition) is 7. The number of carbonyl (C=O) groups is 1. The topological polar surface area (TPSA) is 93.8 Å². The molecule has 35 heavy (non-hydrogen) atoms. The van der Waals surface area contributed by atoms with Crippen LogP contribution in [-0.4, -0.2) is 63.5 Å². The Labute approximate surface area is 207 Å². The minimum atomic E-state index is -0.151. The Morgan fingerprint density at radius 2 is 2.03 bits per heavy atom. The standard InChI is InChI=1S/C25H28N6O3S/c1-5-13-30-23(33)19-11-6-7-12-20(19)31-24(30)27-28-25(31)35-16-22(32)26-15-21(29(2)3)17-9-8-10-18(14-17)34-4/h5-12,14,21H,1,13,15-16H2,2-4H3,(H,26,32). The van der Waals surface area contributed by atoms with Crippen molar-refractivity contribution in [1.82, 2.24) is 29.4 Å². The van der Waals surface area contributed by atoms with Crippen LogP contribution < -0.4 is 15.6 Å². The second kappa shape index (κ2) is 10.7. The number of fused-ring (bicyclic) bond motifs is 3. The lowest BCUT2D eigenvalue weighted by molar-refractivity contribution is -0.118. The van der Waals surface area contributed by atoms with Crippen molar-refractivity contribution >= 4 is 34.3 Å². The van der Waals surface area contributed by atoms with E-state index < -0.39 is 0 Å². The van der Waals surface area contributed by atoms with Crippen molar-refractivity contribution in [2.45, 2.75) is 17.7 Å². The summed E-state index contributed by atoms with van der Waals surface area (Å²) in [5.41, 5.74) is 1.60. The van der Waals surface area contributed by atoms with Gasteiger partial charge in [-0.1, -0.05) is 42.1 Å². The first-order valence-corrected chi connectivity index (χ1v) is 12.1. The lowest BCUT2D eigenvalue weighted by Crippen LogP contribution is -2.35. The second-order valence-corrected chi connectivity index (χ2v) is 9.13. The van der Waals surface area contributed by atoms with Crippen molar-refractivity contribution in [3.8, 4) is 5.75 Å². The molecule has 1 N–H and O–H groups in total. The Kier molecular flexibility index (Phi) is 7.52. The van der Waals surface area contributed by atoms with Crippen LogP contribution in [0.4, 0.5) is 0 Å². The highest BCUT2D eigenvalue weighted by atomic mass is 32.2. The quantitative estimate of drug-likeness (QED) is 0.269. The van der Waals surface area contributed by atoms with Gasteiger partial charge < -0.3 is 15.0 Å². The van der Waals surface area contributed by atoms with Gasteiger partial charge in [-0.3, -0.25) is 18.6 Å². The van der Waals surface area contributed by atoms with Crippen LogP contribution in [-0.2, 0) is 11.3 Å². The molecule has 4 aromatic rings. The van der Waals surface area contributed by atoms with Gasteiger partial charge in [0.05, 0.1) is 29.8 Å².